The highest BCUT2D eigenvalue weighted by Crippen LogP contribution is 2.38. The van der Waals surface area contributed by atoms with Crippen LogP contribution in [0, 0.1) is 0 Å². The molecule has 0 saturated carbocycles. The van der Waals surface area contributed by atoms with E-state index in [0.29, 0.717) is 10.0 Å². The van der Waals surface area contributed by atoms with Crippen LogP contribution in [0.2, 0.25) is 10.0 Å². The molecule has 62 valence electrons. The van der Waals surface area contributed by atoms with Crippen molar-refractivity contribution >= 4 is 47.2 Å². The molecular formula is C7H4Cl2N2S. The Labute approximate surface area is 84.1 Å². The normalized spacial score (nSPS) is 13.8. The Morgan fingerprint density at radius 3 is 3.00 bits per heavy atom. The molecule has 0 amide bonds. The fourth-order valence-electron chi connectivity index (χ4n) is 0.925. The van der Waals surface area contributed by atoms with Gasteiger partial charge in [-0.1, -0.05) is 23.2 Å². The van der Waals surface area contributed by atoms with Gasteiger partial charge in [-0.15, -0.1) is 0 Å². The van der Waals surface area contributed by atoms with Crippen LogP contribution in [-0.4, -0.2) is 6.34 Å². The van der Waals surface area contributed by atoms with Gasteiger partial charge in [0, 0.05) is 5.02 Å². The Morgan fingerprint density at radius 1 is 1.33 bits per heavy atom. The highest BCUT2D eigenvalue weighted by molar-refractivity contribution is 7.98. The van der Waals surface area contributed by atoms with E-state index in [1.54, 1.807) is 18.5 Å². The van der Waals surface area contributed by atoms with E-state index in [0.717, 1.165) is 10.6 Å². The van der Waals surface area contributed by atoms with Gasteiger partial charge in [0.15, 0.2) is 0 Å². The first-order valence-electron chi connectivity index (χ1n) is 3.21. The van der Waals surface area contributed by atoms with Gasteiger partial charge in [0.1, 0.15) is 0 Å². The van der Waals surface area contributed by atoms with Crippen LogP contribution in [0.25, 0.3) is 0 Å². The number of fused-ring (bicyclic) bond motifs is 1. The maximum Gasteiger partial charge on any atom is 0.0988 e. The van der Waals surface area contributed by atoms with E-state index in [2.05, 4.69) is 9.71 Å². The van der Waals surface area contributed by atoms with Crippen LogP contribution >= 0.6 is 35.1 Å². The summed E-state index contributed by atoms with van der Waals surface area (Å²) in [6.07, 6.45) is 1.61. The molecule has 2 nitrogen and oxygen atoms in total. The first-order chi connectivity index (χ1) is 5.77. The van der Waals surface area contributed by atoms with Crippen LogP contribution < -0.4 is 4.72 Å². The minimum Gasteiger partial charge on any atom is -0.316 e. The fraction of sp³-hybridized carbons (Fsp3) is 0. The molecule has 5 heteroatoms. The number of benzene rings is 1. The molecule has 0 saturated heterocycles. The number of rotatable bonds is 0. The van der Waals surface area contributed by atoms with Crippen LogP contribution in [0.15, 0.2) is 22.0 Å². The summed E-state index contributed by atoms with van der Waals surface area (Å²) < 4.78 is 2.90. The lowest BCUT2D eigenvalue weighted by molar-refractivity contribution is 1.32. The van der Waals surface area contributed by atoms with Crippen molar-refractivity contribution in [3.8, 4) is 0 Å². The van der Waals surface area contributed by atoms with Gasteiger partial charge < -0.3 is 4.72 Å². The van der Waals surface area contributed by atoms with E-state index in [-0.39, 0.29) is 0 Å². The predicted octanol–water partition coefficient (Wildman–Crippen LogP) is 3.26. The van der Waals surface area contributed by atoms with Crippen molar-refractivity contribution in [2.45, 2.75) is 4.90 Å². The highest BCUT2D eigenvalue weighted by Gasteiger charge is 2.11. The molecule has 0 fully saturated rings. The molecule has 1 N–H and O–H groups in total. The van der Waals surface area contributed by atoms with E-state index in [4.69, 9.17) is 23.2 Å². The second-order valence-electron chi connectivity index (χ2n) is 2.21. The summed E-state index contributed by atoms with van der Waals surface area (Å²) in [6, 6.07) is 3.49. The lowest BCUT2D eigenvalue weighted by Gasteiger charge is -2.11. The Balaban J connectivity index is 2.62. The van der Waals surface area contributed by atoms with Crippen molar-refractivity contribution in [3.63, 3.8) is 0 Å². The summed E-state index contributed by atoms with van der Waals surface area (Å²) >= 11 is 13.2. The molecular weight excluding hydrogens is 215 g/mol. The minimum atomic E-state index is 0.610. The third-order valence-electron chi connectivity index (χ3n) is 1.41. The van der Waals surface area contributed by atoms with Gasteiger partial charge in [0.2, 0.25) is 0 Å². The van der Waals surface area contributed by atoms with Crippen LogP contribution in [-0.2, 0) is 0 Å². The molecule has 1 heterocycles. The molecule has 1 aromatic carbocycles. The quantitative estimate of drug-likeness (QED) is 0.677. The first kappa shape index (κ1) is 8.23. The van der Waals surface area contributed by atoms with E-state index in [1.165, 1.54) is 11.9 Å². The smallest absolute Gasteiger partial charge is 0.0988 e. The molecule has 12 heavy (non-hydrogen) atoms. The molecule has 0 atom stereocenters. The zero-order chi connectivity index (χ0) is 8.55. The third-order valence-corrected chi connectivity index (χ3v) is 2.89. The van der Waals surface area contributed by atoms with Gasteiger partial charge in [-0.2, -0.15) is 0 Å². The molecule has 0 radical (unpaired) electrons. The Kier molecular flexibility index (Phi) is 2.17. The highest BCUT2D eigenvalue weighted by atomic mass is 35.5. The number of halogens is 2. The summed E-state index contributed by atoms with van der Waals surface area (Å²) in [5.41, 5.74) is 0.816. The number of aliphatic imine (C=N–C) groups is 1. The largest absolute Gasteiger partial charge is 0.316 e. The van der Waals surface area contributed by atoms with Gasteiger partial charge in [-0.3, -0.25) is 0 Å². The maximum atomic E-state index is 5.93. The van der Waals surface area contributed by atoms with Crippen LogP contribution in [0.5, 0.6) is 0 Å². The van der Waals surface area contributed by atoms with Crippen LogP contribution in [0.1, 0.15) is 0 Å². The van der Waals surface area contributed by atoms with E-state index >= 15 is 0 Å². The summed E-state index contributed by atoms with van der Waals surface area (Å²) in [5.74, 6) is 0. The zero-order valence-corrected chi connectivity index (χ0v) is 8.17. The first-order valence-corrected chi connectivity index (χ1v) is 4.78. The molecule has 2 rings (SSSR count). The second kappa shape index (κ2) is 3.17. The molecule has 1 aliphatic rings. The molecule has 1 aromatic rings. The van der Waals surface area contributed by atoms with Crippen molar-refractivity contribution in [3.05, 3.63) is 22.2 Å². The average Bonchev–Trinajstić information content (AvgIpc) is 2.04. The Hall–Kier alpha value is -0.380. The Morgan fingerprint density at radius 2 is 2.17 bits per heavy atom. The van der Waals surface area contributed by atoms with Crippen molar-refractivity contribution < 1.29 is 0 Å². The van der Waals surface area contributed by atoms with Crippen molar-refractivity contribution in [1.82, 2.24) is 4.72 Å². The van der Waals surface area contributed by atoms with E-state index in [1.807, 2.05) is 0 Å². The molecule has 1 aliphatic heterocycles. The lowest BCUT2D eigenvalue weighted by Crippen LogP contribution is -2.02. The molecule has 0 bridgehead atoms. The molecule has 0 aromatic heterocycles. The Bertz CT molecular complexity index is 352. The number of hydrogen-bond donors (Lipinski definition) is 1. The second-order valence-corrected chi connectivity index (χ2v) is 3.91. The third kappa shape index (κ3) is 1.40. The standard InChI is InChI=1S/C7H4Cl2N2S/c8-4-1-5(9)7-6(2-4)10-3-11-12-7/h1-3H,(H,10,11). The summed E-state index contributed by atoms with van der Waals surface area (Å²) in [5, 5.41) is 1.24. The van der Waals surface area contributed by atoms with Gasteiger partial charge in [-0.25, -0.2) is 4.99 Å². The molecule has 0 aliphatic carbocycles. The van der Waals surface area contributed by atoms with E-state index in [9.17, 15) is 0 Å². The maximum absolute atomic E-state index is 5.93. The summed E-state index contributed by atoms with van der Waals surface area (Å²) in [4.78, 5) is 5.01. The molecule has 0 spiro atoms. The minimum absolute atomic E-state index is 0.610. The summed E-state index contributed by atoms with van der Waals surface area (Å²) in [7, 11) is 0. The summed E-state index contributed by atoms with van der Waals surface area (Å²) in [6.45, 7) is 0. The van der Waals surface area contributed by atoms with Crippen LogP contribution in [0.4, 0.5) is 5.69 Å². The van der Waals surface area contributed by atoms with Gasteiger partial charge >= 0.3 is 0 Å². The van der Waals surface area contributed by atoms with Crippen LogP contribution in [0.3, 0.4) is 0 Å². The lowest BCUT2D eigenvalue weighted by atomic mass is 10.3. The average molecular weight is 219 g/mol. The van der Waals surface area contributed by atoms with Crippen molar-refractivity contribution in [2.75, 3.05) is 0 Å². The van der Waals surface area contributed by atoms with Crippen molar-refractivity contribution in [2.24, 2.45) is 4.99 Å². The SMILES string of the molecule is Clc1cc(Cl)c2c(c1)N=CNS2. The predicted molar refractivity (Wildman–Crippen MR) is 53.6 cm³/mol. The number of hydrogen-bond acceptors (Lipinski definition) is 3. The monoisotopic (exact) mass is 218 g/mol. The zero-order valence-electron chi connectivity index (χ0n) is 5.84. The fourth-order valence-corrected chi connectivity index (χ4v) is 2.12. The topological polar surface area (TPSA) is 24.4 Å². The van der Waals surface area contributed by atoms with Gasteiger partial charge in [0.05, 0.1) is 21.9 Å². The van der Waals surface area contributed by atoms with Gasteiger partial charge in [-0.05, 0) is 24.1 Å². The molecule has 0 unspecified atom stereocenters. The number of nitrogens with zero attached hydrogens (tertiary/aromatic N) is 1. The van der Waals surface area contributed by atoms with Gasteiger partial charge in [0.25, 0.3) is 0 Å². The number of nitrogens with one attached hydrogen (secondary N) is 1. The van der Waals surface area contributed by atoms with Crippen molar-refractivity contribution in [1.29, 1.82) is 0 Å². The van der Waals surface area contributed by atoms with E-state index < -0.39 is 0 Å².